The summed E-state index contributed by atoms with van der Waals surface area (Å²) in [6, 6.07) is 5.15. The van der Waals surface area contributed by atoms with Gasteiger partial charge in [0, 0.05) is 25.6 Å². The Labute approximate surface area is 145 Å². The Morgan fingerprint density at radius 3 is 2.60 bits per heavy atom. The van der Waals surface area contributed by atoms with Crippen molar-refractivity contribution in [3.8, 4) is 0 Å². The maximum absolute atomic E-state index is 13.2. The van der Waals surface area contributed by atoms with Gasteiger partial charge in [0.1, 0.15) is 23.8 Å². The molecule has 0 aliphatic carbocycles. The van der Waals surface area contributed by atoms with E-state index in [-0.39, 0.29) is 17.8 Å². The van der Waals surface area contributed by atoms with Crippen molar-refractivity contribution in [3.05, 3.63) is 35.6 Å². The fourth-order valence-corrected chi connectivity index (χ4v) is 4.02. The zero-order chi connectivity index (χ0) is 17.6. The first-order chi connectivity index (χ1) is 12.0. The molecule has 1 aromatic rings. The highest BCUT2D eigenvalue weighted by Gasteiger charge is 2.43. The van der Waals surface area contributed by atoms with Gasteiger partial charge >= 0.3 is 6.09 Å². The van der Waals surface area contributed by atoms with E-state index >= 15 is 0 Å². The Morgan fingerprint density at radius 1 is 1.20 bits per heavy atom. The van der Waals surface area contributed by atoms with Crippen LogP contribution in [0, 0.1) is 17.1 Å². The second kappa shape index (κ2) is 6.27. The number of benzene rings is 1. The van der Waals surface area contributed by atoms with Crippen molar-refractivity contribution >= 4 is 11.9 Å². The van der Waals surface area contributed by atoms with Crippen molar-refractivity contribution in [2.24, 2.45) is 11.8 Å². The first kappa shape index (κ1) is 16.3. The summed E-state index contributed by atoms with van der Waals surface area (Å²) >= 11 is 0. The molecule has 4 atom stereocenters. The molecule has 0 aromatic heterocycles. The second-order valence-corrected chi connectivity index (χ2v) is 6.96. The fraction of sp³-hybridized carbons (Fsp3) is 0.529. The minimum absolute atomic E-state index is 0.0831. The van der Waals surface area contributed by atoms with Crippen LogP contribution in [0.25, 0.3) is 0 Å². The third-order valence-corrected chi connectivity index (χ3v) is 5.41. The minimum atomic E-state index is -0.661. The number of halogens is 1. The molecule has 3 aliphatic rings. The van der Waals surface area contributed by atoms with Crippen molar-refractivity contribution in [1.82, 2.24) is 14.8 Å². The number of ether oxygens (including phenoxy) is 1. The van der Waals surface area contributed by atoms with Crippen LogP contribution in [0.1, 0.15) is 18.0 Å². The van der Waals surface area contributed by atoms with Gasteiger partial charge in [-0.1, -0.05) is 12.1 Å². The predicted octanol–water partition coefficient (Wildman–Crippen LogP) is 1.18. The summed E-state index contributed by atoms with van der Waals surface area (Å²) in [6.07, 6.45) is 0.553. The normalized spacial score (nSPS) is 31.5. The van der Waals surface area contributed by atoms with Crippen molar-refractivity contribution in [2.75, 3.05) is 32.7 Å². The molecule has 1 aromatic carbocycles. The molecule has 3 unspecified atom stereocenters. The summed E-state index contributed by atoms with van der Waals surface area (Å²) in [6.45, 7) is 3.58. The van der Waals surface area contributed by atoms with Gasteiger partial charge in [-0.05, 0) is 30.7 Å². The Bertz CT molecular complexity index is 682. The molecule has 25 heavy (non-hydrogen) atoms. The lowest BCUT2D eigenvalue weighted by Gasteiger charge is -2.40. The maximum Gasteiger partial charge on any atom is 0.411 e. The van der Waals surface area contributed by atoms with E-state index in [1.165, 1.54) is 22.0 Å². The summed E-state index contributed by atoms with van der Waals surface area (Å²) in [5, 5.41) is 9.60. The Balaban J connectivity index is 1.54. The van der Waals surface area contributed by atoms with Crippen LogP contribution in [0.3, 0.4) is 0 Å². The Hall–Kier alpha value is -2.19. The van der Waals surface area contributed by atoms with E-state index in [4.69, 9.17) is 16.0 Å². The number of hydrogen-bond donors (Lipinski definition) is 2. The molecule has 3 aliphatic heterocycles. The van der Waals surface area contributed by atoms with E-state index in [9.17, 15) is 9.18 Å². The molecular formula is C17H22FN5O2. The van der Waals surface area contributed by atoms with Crippen LogP contribution in [-0.4, -0.2) is 65.6 Å². The Morgan fingerprint density at radius 2 is 1.96 bits per heavy atom. The van der Waals surface area contributed by atoms with Gasteiger partial charge in [0.05, 0.1) is 6.54 Å². The number of amides is 1. The highest BCUT2D eigenvalue weighted by atomic mass is 19.1. The highest BCUT2D eigenvalue weighted by molar-refractivity contribution is 5.89. The van der Waals surface area contributed by atoms with Crippen LogP contribution in [0.5, 0.6) is 0 Å². The van der Waals surface area contributed by atoms with Gasteiger partial charge in [-0.25, -0.2) is 15.0 Å². The van der Waals surface area contributed by atoms with Crippen LogP contribution in [0.2, 0.25) is 0 Å². The molecule has 3 heterocycles. The smallest absolute Gasteiger partial charge is 0.411 e. The number of carbonyl (C=O) groups excluding carboxylic acids is 1. The average molecular weight is 347 g/mol. The molecule has 3 fully saturated rings. The van der Waals surface area contributed by atoms with Crippen molar-refractivity contribution in [3.63, 3.8) is 0 Å². The van der Waals surface area contributed by atoms with Gasteiger partial charge in [0.25, 0.3) is 0 Å². The van der Waals surface area contributed by atoms with E-state index in [0.29, 0.717) is 24.6 Å². The molecule has 3 N–H and O–H groups in total. The zero-order valence-electron chi connectivity index (χ0n) is 13.9. The van der Waals surface area contributed by atoms with Crippen LogP contribution in [0.15, 0.2) is 24.3 Å². The summed E-state index contributed by atoms with van der Waals surface area (Å²) in [7, 11) is 0. The molecule has 134 valence electrons. The first-order valence-electron chi connectivity index (χ1n) is 8.58. The number of carbonyl (C=O) groups is 1. The van der Waals surface area contributed by atoms with Gasteiger partial charge < -0.3 is 4.74 Å². The molecule has 0 saturated carbocycles. The number of nitrogens with zero attached hydrogens (tertiary/aromatic N) is 3. The number of piperidine rings is 1. The number of nitrogens with two attached hydrogens (primary N) is 1. The van der Waals surface area contributed by atoms with E-state index < -0.39 is 12.1 Å². The third kappa shape index (κ3) is 2.96. The predicted molar refractivity (Wildman–Crippen MR) is 89.3 cm³/mol. The highest BCUT2D eigenvalue weighted by Crippen LogP contribution is 2.32. The lowest BCUT2D eigenvalue weighted by Crippen LogP contribution is -2.56. The lowest BCUT2D eigenvalue weighted by atomic mass is 10.0. The maximum atomic E-state index is 13.2. The molecule has 0 radical (unpaired) electrons. The van der Waals surface area contributed by atoms with Crippen LogP contribution < -0.4 is 5.84 Å². The zero-order valence-corrected chi connectivity index (χ0v) is 13.9. The van der Waals surface area contributed by atoms with E-state index in [2.05, 4.69) is 4.90 Å². The topological polar surface area (TPSA) is 85.9 Å². The van der Waals surface area contributed by atoms with Gasteiger partial charge in [-0.2, -0.15) is 0 Å². The molecular weight excluding hydrogens is 325 g/mol. The van der Waals surface area contributed by atoms with Gasteiger partial charge in [-0.15, -0.1) is 0 Å². The Kier molecular flexibility index (Phi) is 4.09. The number of hydrogen-bond acceptors (Lipinski definition) is 5. The van der Waals surface area contributed by atoms with E-state index in [1.54, 1.807) is 12.1 Å². The minimum Gasteiger partial charge on any atom is -0.444 e. The number of rotatable bonds is 2. The quantitative estimate of drug-likeness (QED) is 0.785. The number of piperazine rings is 1. The average Bonchev–Trinajstić information content (AvgIpc) is 3.21. The van der Waals surface area contributed by atoms with Gasteiger partial charge in [-0.3, -0.25) is 20.2 Å². The summed E-state index contributed by atoms with van der Waals surface area (Å²) in [5.41, 5.74) is 0.648. The van der Waals surface area contributed by atoms with E-state index in [1.807, 2.05) is 0 Å². The second-order valence-electron chi connectivity index (χ2n) is 6.96. The number of nitrogens with one attached hydrogen (secondary N) is 1. The lowest BCUT2D eigenvalue weighted by molar-refractivity contribution is 0.0304. The summed E-state index contributed by atoms with van der Waals surface area (Å²) in [5.74, 6) is 6.01. The van der Waals surface area contributed by atoms with Crippen LogP contribution >= 0.6 is 0 Å². The molecule has 3 saturated heterocycles. The van der Waals surface area contributed by atoms with Crippen LogP contribution in [0.4, 0.5) is 9.18 Å². The summed E-state index contributed by atoms with van der Waals surface area (Å²) in [4.78, 5) is 16.6. The monoisotopic (exact) mass is 347 g/mol. The fourth-order valence-electron chi connectivity index (χ4n) is 4.02. The van der Waals surface area contributed by atoms with Crippen molar-refractivity contribution in [1.29, 1.82) is 5.41 Å². The SMILES string of the molecule is N=C1C(c2ccc(F)cc2)N(C(=O)O[C@@H]2CN3CCC2C3)CCN1N. The van der Waals surface area contributed by atoms with Crippen molar-refractivity contribution in [2.45, 2.75) is 18.6 Å². The standard InChI is InChI=1S/C17H22FN5O2/c18-13-3-1-11(2-4-13)15-16(19)23(20)8-7-22(15)17(24)25-14-10-21-6-5-12(14)9-21/h1-4,12,14-15,19H,5-10,20H2/t12?,14-,15?/m1/s1. The molecule has 1 amide bonds. The molecule has 0 spiro atoms. The third-order valence-electron chi connectivity index (χ3n) is 5.41. The van der Waals surface area contributed by atoms with Gasteiger partial charge in [0.2, 0.25) is 0 Å². The summed E-state index contributed by atoms with van der Waals surface area (Å²) < 4.78 is 19.0. The largest absolute Gasteiger partial charge is 0.444 e. The molecule has 4 rings (SSSR count). The van der Waals surface area contributed by atoms with Crippen molar-refractivity contribution < 1.29 is 13.9 Å². The number of hydrazine groups is 1. The number of fused-ring (bicyclic) bond motifs is 2. The molecule has 8 heteroatoms. The van der Waals surface area contributed by atoms with Crippen LogP contribution in [-0.2, 0) is 4.74 Å². The molecule has 2 bridgehead atoms. The first-order valence-corrected chi connectivity index (χ1v) is 8.58. The number of amidine groups is 1. The molecule has 7 nitrogen and oxygen atoms in total. The van der Waals surface area contributed by atoms with E-state index in [0.717, 1.165) is 26.1 Å². The van der Waals surface area contributed by atoms with Gasteiger partial charge in [0.15, 0.2) is 0 Å².